The first-order chi connectivity index (χ1) is 9.63. The molecule has 3 N–H and O–H groups in total. The maximum Gasteiger partial charge on any atom is 0.0447 e. The minimum absolute atomic E-state index is 0.923. The van der Waals surface area contributed by atoms with Crippen LogP contribution in [0.4, 0.5) is 17.1 Å². The highest BCUT2D eigenvalue weighted by Crippen LogP contribution is 2.32. The third-order valence-corrected chi connectivity index (χ3v) is 3.77. The van der Waals surface area contributed by atoms with E-state index < -0.39 is 0 Å². The third kappa shape index (κ3) is 3.13. The number of para-hydroxylation sites is 1. The van der Waals surface area contributed by atoms with Crippen LogP contribution in [0.1, 0.15) is 36.5 Å². The molecule has 0 spiro atoms. The molecule has 0 bridgehead atoms. The normalized spacial score (nSPS) is 10.6. The number of hydrogen-bond donors (Lipinski definition) is 2. The van der Waals surface area contributed by atoms with Crippen LogP contribution in [0, 0.1) is 13.8 Å². The fourth-order valence-corrected chi connectivity index (χ4v) is 2.60. The number of rotatable bonds is 5. The van der Waals surface area contributed by atoms with Crippen molar-refractivity contribution in [2.24, 2.45) is 0 Å². The molecule has 2 rings (SSSR count). The molecule has 0 saturated carbocycles. The van der Waals surface area contributed by atoms with E-state index in [1.807, 2.05) is 18.2 Å². The van der Waals surface area contributed by atoms with Crippen molar-refractivity contribution < 1.29 is 0 Å². The lowest BCUT2D eigenvalue weighted by Crippen LogP contribution is -2.04. The Balaban J connectivity index is 2.37. The van der Waals surface area contributed by atoms with E-state index in [1.165, 1.54) is 35.2 Å². The Bertz CT molecular complexity index is 574. The van der Waals surface area contributed by atoms with Gasteiger partial charge < -0.3 is 11.1 Å². The van der Waals surface area contributed by atoms with Gasteiger partial charge >= 0.3 is 0 Å². The lowest BCUT2D eigenvalue weighted by Gasteiger charge is -2.18. The highest BCUT2D eigenvalue weighted by Gasteiger charge is 2.11. The Kier molecular flexibility index (Phi) is 4.67. The zero-order valence-electron chi connectivity index (χ0n) is 12.7. The standard InChI is InChI=1S/C18H24N2/c1-4-5-11-16-14(3)18(13(2)12-17(16)19)20-15-9-7-6-8-10-15/h6-10,12,20H,4-5,11,19H2,1-3H3. The summed E-state index contributed by atoms with van der Waals surface area (Å²) >= 11 is 0. The molecule has 2 aromatic rings. The van der Waals surface area contributed by atoms with Gasteiger partial charge in [-0.15, -0.1) is 0 Å². The van der Waals surface area contributed by atoms with E-state index in [-0.39, 0.29) is 0 Å². The van der Waals surface area contributed by atoms with Gasteiger partial charge in [-0.05, 0) is 61.6 Å². The van der Waals surface area contributed by atoms with Crippen LogP contribution < -0.4 is 11.1 Å². The predicted molar refractivity (Wildman–Crippen MR) is 88.7 cm³/mol. The van der Waals surface area contributed by atoms with Crippen LogP contribution in [0.25, 0.3) is 0 Å². The summed E-state index contributed by atoms with van der Waals surface area (Å²) in [4.78, 5) is 0. The number of anilines is 3. The number of benzene rings is 2. The lowest BCUT2D eigenvalue weighted by molar-refractivity contribution is 0.793. The minimum Gasteiger partial charge on any atom is -0.398 e. The smallest absolute Gasteiger partial charge is 0.0447 e. The van der Waals surface area contributed by atoms with Crippen LogP contribution in [-0.4, -0.2) is 0 Å². The van der Waals surface area contributed by atoms with Crippen molar-refractivity contribution in [2.45, 2.75) is 40.0 Å². The molecule has 0 atom stereocenters. The number of nitrogens with two attached hydrogens (primary N) is 1. The number of nitrogens with one attached hydrogen (secondary N) is 1. The maximum atomic E-state index is 6.20. The summed E-state index contributed by atoms with van der Waals surface area (Å²) in [6, 6.07) is 12.4. The van der Waals surface area contributed by atoms with Gasteiger partial charge in [-0.2, -0.15) is 0 Å². The molecular formula is C18H24N2. The molecule has 0 aliphatic rings. The molecule has 2 nitrogen and oxygen atoms in total. The summed E-state index contributed by atoms with van der Waals surface area (Å²) in [5.41, 5.74) is 13.2. The highest BCUT2D eigenvalue weighted by molar-refractivity contribution is 5.72. The molecule has 0 aliphatic carbocycles. The molecule has 0 amide bonds. The molecule has 0 fully saturated rings. The summed E-state index contributed by atoms with van der Waals surface area (Å²) in [5, 5.41) is 3.53. The van der Waals surface area contributed by atoms with Gasteiger partial charge in [0.2, 0.25) is 0 Å². The number of nitrogen functional groups attached to an aromatic ring is 1. The van der Waals surface area contributed by atoms with Crippen LogP contribution in [0.3, 0.4) is 0 Å². The van der Waals surface area contributed by atoms with Gasteiger partial charge in [0.25, 0.3) is 0 Å². The summed E-state index contributed by atoms with van der Waals surface area (Å²) < 4.78 is 0. The third-order valence-electron chi connectivity index (χ3n) is 3.77. The van der Waals surface area contributed by atoms with Crippen molar-refractivity contribution in [1.29, 1.82) is 0 Å². The van der Waals surface area contributed by atoms with Crippen LogP contribution >= 0.6 is 0 Å². The van der Waals surface area contributed by atoms with Gasteiger partial charge in [-0.25, -0.2) is 0 Å². The van der Waals surface area contributed by atoms with Crippen molar-refractivity contribution in [3.8, 4) is 0 Å². The Hall–Kier alpha value is -1.96. The number of hydrogen-bond acceptors (Lipinski definition) is 2. The van der Waals surface area contributed by atoms with Crippen molar-refractivity contribution in [2.75, 3.05) is 11.1 Å². The maximum absolute atomic E-state index is 6.20. The average molecular weight is 268 g/mol. The van der Waals surface area contributed by atoms with E-state index in [0.717, 1.165) is 17.8 Å². The number of aryl methyl sites for hydroxylation is 1. The van der Waals surface area contributed by atoms with Crippen molar-refractivity contribution >= 4 is 17.1 Å². The Morgan fingerprint density at radius 3 is 2.45 bits per heavy atom. The Morgan fingerprint density at radius 1 is 1.10 bits per heavy atom. The number of unbranched alkanes of at least 4 members (excludes halogenated alkanes) is 1. The second-order valence-corrected chi connectivity index (χ2v) is 5.36. The van der Waals surface area contributed by atoms with E-state index in [2.05, 4.69) is 44.3 Å². The summed E-state index contributed by atoms with van der Waals surface area (Å²) in [5.74, 6) is 0. The van der Waals surface area contributed by atoms with E-state index in [4.69, 9.17) is 5.73 Å². The lowest BCUT2D eigenvalue weighted by atomic mass is 9.96. The molecule has 20 heavy (non-hydrogen) atoms. The largest absolute Gasteiger partial charge is 0.398 e. The van der Waals surface area contributed by atoms with E-state index in [1.54, 1.807) is 0 Å². The zero-order chi connectivity index (χ0) is 14.5. The van der Waals surface area contributed by atoms with Crippen LogP contribution in [0.5, 0.6) is 0 Å². The first-order valence-electron chi connectivity index (χ1n) is 7.34. The second-order valence-electron chi connectivity index (χ2n) is 5.36. The molecule has 2 heteroatoms. The van der Waals surface area contributed by atoms with Crippen LogP contribution in [0.15, 0.2) is 36.4 Å². The summed E-state index contributed by atoms with van der Waals surface area (Å²) in [7, 11) is 0. The molecule has 0 heterocycles. The Morgan fingerprint density at radius 2 is 1.80 bits per heavy atom. The van der Waals surface area contributed by atoms with Gasteiger partial charge in [0.15, 0.2) is 0 Å². The van der Waals surface area contributed by atoms with E-state index in [0.29, 0.717) is 0 Å². The highest BCUT2D eigenvalue weighted by atomic mass is 14.9. The molecule has 0 radical (unpaired) electrons. The van der Waals surface area contributed by atoms with Gasteiger partial charge in [-0.3, -0.25) is 0 Å². The second kappa shape index (κ2) is 6.47. The fraction of sp³-hybridized carbons (Fsp3) is 0.333. The van der Waals surface area contributed by atoms with E-state index >= 15 is 0 Å². The zero-order valence-corrected chi connectivity index (χ0v) is 12.7. The van der Waals surface area contributed by atoms with E-state index in [9.17, 15) is 0 Å². The molecule has 106 valence electrons. The van der Waals surface area contributed by atoms with Gasteiger partial charge in [0, 0.05) is 17.1 Å². The molecule has 0 saturated heterocycles. The van der Waals surface area contributed by atoms with Gasteiger partial charge in [-0.1, -0.05) is 31.5 Å². The molecule has 0 aliphatic heterocycles. The minimum atomic E-state index is 0.923. The first-order valence-corrected chi connectivity index (χ1v) is 7.34. The van der Waals surface area contributed by atoms with Gasteiger partial charge in [0.1, 0.15) is 0 Å². The molecular weight excluding hydrogens is 244 g/mol. The van der Waals surface area contributed by atoms with Crippen molar-refractivity contribution in [3.05, 3.63) is 53.1 Å². The monoisotopic (exact) mass is 268 g/mol. The SMILES string of the molecule is CCCCc1c(N)cc(C)c(Nc2ccccc2)c1C. The first kappa shape index (κ1) is 14.4. The molecule has 0 unspecified atom stereocenters. The molecule has 0 aromatic heterocycles. The Labute approximate surface area is 122 Å². The average Bonchev–Trinajstić information content (AvgIpc) is 2.44. The topological polar surface area (TPSA) is 38.0 Å². The summed E-state index contributed by atoms with van der Waals surface area (Å²) in [6.07, 6.45) is 3.42. The van der Waals surface area contributed by atoms with Crippen LogP contribution in [-0.2, 0) is 6.42 Å². The summed E-state index contributed by atoms with van der Waals surface area (Å²) in [6.45, 7) is 6.49. The predicted octanol–water partition coefficient (Wildman–Crippen LogP) is 4.97. The van der Waals surface area contributed by atoms with Crippen molar-refractivity contribution in [3.63, 3.8) is 0 Å². The molecule has 2 aromatic carbocycles. The van der Waals surface area contributed by atoms with Gasteiger partial charge in [0.05, 0.1) is 0 Å². The quantitative estimate of drug-likeness (QED) is 0.751. The fourth-order valence-electron chi connectivity index (χ4n) is 2.60. The van der Waals surface area contributed by atoms with Crippen LogP contribution in [0.2, 0.25) is 0 Å². The van der Waals surface area contributed by atoms with Crippen molar-refractivity contribution in [1.82, 2.24) is 0 Å².